The fraction of sp³-hybridized carbons (Fsp3) is 0.884. The number of carbonyl (C=O) groups excluding carboxylic acids is 2. The van der Waals surface area contributed by atoms with Gasteiger partial charge in [0.2, 0.25) is 5.91 Å². The van der Waals surface area contributed by atoms with E-state index in [0.29, 0.717) is 25.9 Å². The van der Waals surface area contributed by atoms with Gasteiger partial charge in [-0.15, -0.1) is 0 Å². The zero-order valence-electron chi connectivity index (χ0n) is 50.5. The molecule has 442 valence electrons. The van der Waals surface area contributed by atoms with E-state index in [-0.39, 0.29) is 18.5 Å². The molecule has 1 amide bonds. The van der Waals surface area contributed by atoms with Gasteiger partial charge in [-0.25, -0.2) is 0 Å². The third kappa shape index (κ3) is 61.2. The number of ether oxygens (including phenoxy) is 1. The molecule has 6 nitrogen and oxygen atoms in total. The first-order valence-corrected chi connectivity index (χ1v) is 33.7. The van der Waals surface area contributed by atoms with Crippen molar-refractivity contribution in [2.75, 3.05) is 13.2 Å². The van der Waals surface area contributed by atoms with Gasteiger partial charge in [0.05, 0.1) is 25.4 Å². The number of hydrogen-bond donors (Lipinski definition) is 3. The van der Waals surface area contributed by atoms with Gasteiger partial charge in [0.15, 0.2) is 0 Å². The second-order valence-electron chi connectivity index (χ2n) is 23.1. The fourth-order valence-electron chi connectivity index (χ4n) is 10.5. The topological polar surface area (TPSA) is 95.9 Å². The van der Waals surface area contributed by atoms with E-state index in [1.54, 1.807) is 0 Å². The molecule has 0 aliphatic rings. The molecule has 6 heteroatoms. The van der Waals surface area contributed by atoms with Crippen LogP contribution in [0.25, 0.3) is 0 Å². The molecular formula is C69H131NO5. The lowest BCUT2D eigenvalue weighted by Gasteiger charge is -2.22. The van der Waals surface area contributed by atoms with Crippen LogP contribution in [0, 0.1) is 0 Å². The summed E-state index contributed by atoms with van der Waals surface area (Å²) in [5, 5.41) is 23.4. The summed E-state index contributed by atoms with van der Waals surface area (Å²) in [6.07, 6.45) is 81.7. The molecule has 0 saturated carbocycles. The van der Waals surface area contributed by atoms with E-state index < -0.39 is 12.1 Å². The summed E-state index contributed by atoms with van der Waals surface area (Å²) >= 11 is 0. The van der Waals surface area contributed by atoms with Gasteiger partial charge in [-0.2, -0.15) is 0 Å². The number of nitrogens with one attached hydrogen (secondary N) is 1. The predicted molar refractivity (Wildman–Crippen MR) is 329 cm³/mol. The van der Waals surface area contributed by atoms with E-state index in [1.165, 1.54) is 283 Å². The van der Waals surface area contributed by atoms with E-state index in [1.807, 2.05) is 0 Å². The maximum Gasteiger partial charge on any atom is 0.305 e. The second-order valence-corrected chi connectivity index (χ2v) is 23.1. The maximum atomic E-state index is 12.5. The SMILES string of the molecule is CCCCCC/C=C\C/C=C\CCCCCCCC(=O)OCCCCCCCCCCC/C=C\CCCCCCCCCC(=O)NC(CO)C(O)CCCCCCCCCCCCCCCCCCCCCCCC. The van der Waals surface area contributed by atoms with Crippen molar-refractivity contribution in [1.82, 2.24) is 5.32 Å². The number of allylic oxidation sites excluding steroid dienone is 6. The summed E-state index contributed by atoms with van der Waals surface area (Å²) in [5.74, 6) is -0.0471. The standard InChI is InChI=1S/C69H131NO5/c1-3-5-7-9-11-13-15-17-19-21-22-23-24-27-30-33-37-41-45-49-53-57-61-67(72)66(65-71)70-68(73)62-58-54-50-46-42-38-34-31-28-25-26-29-32-36-40-44-48-52-56-60-64-75-69(74)63-59-55-51-47-43-39-35-20-18-16-14-12-10-8-6-4-2/h14,16,20,25,28,35,66-67,71-72H,3-13,15,17-19,21-24,26-27,29-34,36-65H2,1-2H3,(H,70,73)/b16-14-,28-25-,35-20-. The molecule has 0 spiro atoms. The predicted octanol–water partition coefficient (Wildman–Crippen LogP) is 21.5. The molecule has 0 bridgehead atoms. The Kier molecular flexibility index (Phi) is 63.0. The smallest absolute Gasteiger partial charge is 0.305 e. The summed E-state index contributed by atoms with van der Waals surface area (Å²) in [6, 6.07) is -0.550. The number of carbonyl (C=O) groups is 2. The molecule has 0 heterocycles. The zero-order chi connectivity index (χ0) is 54.3. The van der Waals surface area contributed by atoms with Gasteiger partial charge in [-0.1, -0.05) is 307 Å². The summed E-state index contributed by atoms with van der Waals surface area (Å²) in [7, 11) is 0. The van der Waals surface area contributed by atoms with Crippen LogP contribution in [0.5, 0.6) is 0 Å². The highest BCUT2D eigenvalue weighted by Crippen LogP contribution is 2.18. The van der Waals surface area contributed by atoms with Gasteiger partial charge in [-0.05, 0) is 83.5 Å². The molecule has 0 aromatic rings. The molecule has 0 rings (SSSR count). The molecule has 0 aromatic carbocycles. The number of hydrogen-bond acceptors (Lipinski definition) is 5. The molecule has 0 saturated heterocycles. The van der Waals surface area contributed by atoms with Crippen molar-refractivity contribution >= 4 is 11.9 Å². The zero-order valence-corrected chi connectivity index (χ0v) is 50.5. The lowest BCUT2D eigenvalue weighted by atomic mass is 10.0. The molecule has 0 fully saturated rings. The van der Waals surface area contributed by atoms with E-state index >= 15 is 0 Å². The Morgan fingerprint density at radius 1 is 0.373 bits per heavy atom. The van der Waals surface area contributed by atoms with Crippen molar-refractivity contribution in [1.29, 1.82) is 0 Å². The normalized spacial score (nSPS) is 12.7. The van der Waals surface area contributed by atoms with Crippen LogP contribution < -0.4 is 5.32 Å². The van der Waals surface area contributed by atoms with Crippen LogP contribution in [-0.4, -0.2) is 47.4 Å². The minimum atomic E-state index is -0.672. The molecule has 2 unspecified atom stereocenters. The van der Waals surface area contributed by atoms with Crippen LogP contribution in [0.1, 0.15) is 367 Å². The summed E-state index contributed by atoms with van der Waals surface area (Å²) in [4.78, 5) is 24.6. The number of amides is 1. The quantitative estimate of drug-likeness (QED) is 0.0320. The first kappa shape index (κ1) is 73.1. The van der Waals surface area contributed by atoms with Crippen molar-refractivity contribution < 1.29 is 24.5 Å². The lowest BCUT2D eigenvalue weighted by molar-refractivity contribution is -0.143. The minimum absolute atomic E-state index is 0.00664. The number of aliphatic hydroxyl groups excluding tert-OH is 2. The second kappa shape index (κ2) is 64.6. The molecule has 2 atom stereocenters. The van der Waals surface area contributed by atoms with Gasteiger partial charge in [-0.3, -0.25) is 9.59 Å². The van der Waals surface area contributed by atoms with Crippen LogP contribution >= 0.6 is 0 Å². The highest BCUT2D eigenvalue weighted by molar-refractivity contribution is 5.76. The average molecular weight is 1050 g/mol. The summed E-state index contributed by atoms with van der Waals surface area (Å²) in [6.45, 7) is 4.95. The highest BCUT2D eigenvalue weighted by atomic mass is 16.5. The lowest BCUT2D eigenvalue weighted by Crippen LogP contribution is -2.45. The van der Waals surface area contributed by atoms with Crippen molar-refractivity contribution in [3.05, 3.63) is 36.5 Å². The third-order valence-electron chi connectivity index (χ3n) is 15.7. The largest absolute Gasteiger partial charge is 0.466 e. The Balaban J connectivity index is 3.44. The number of aliphatic hydroxyl groups is 2. The van der Waals surface area contributed by atoms with Crippen LogP contribution in [0.2, 0.25) is 0 Å². The Bertz CT molecular complexity index is 1210. The Hall–Kier alpha value is -1.92. The van der Waals surface area contributed by atoms with Gasteiger partial charge in [0.25, 0.3) is 0 Å². The van der Waals surface area contributed by atoms with Crippen molar-refractivity contribution in [2.45, 2.75) is 379 Å². The first-order valence-electron chi connectivity index (χ1n) is 33.7. The molecule has 0 radical (unpaired) electrons. The third-order valence-corrected chi connectivity index (χ3v) is 15.7. The van der Waals surface area contributed by atoms with Gasteiger partial charge >= 0.3 is 5.97 Å². The number of rotatable bonds is 63. The average Bonchev–Trinajstić information content (AvgIpc) is 3.41. The molecule has 0 aliphatic heterocycles. The van der Waals surface area contributed by atoms with E-state index in [4.69, 9.17) is 4.74 Å². The monoisotopic (exact) mass is 1050 g/mol. The first-order chi connectivity index (χ1) is 37.0. The van der Waals surface area contributed by atoms with Crippen LogP contribution in [0.4, 0.5) is 0 Å². The molecule has 3 N–H and O–H groups in total. The van der Waals surface area contributed by atoms with E-state index in [0.717, 1.165) is 51.4 Å². The van der Waals surface area contributed by atoms with Crippen molar-refractivity contribution in [2.24, 2.45) is 0 Å². The molecule has 0 aliphatic carbocycles. The van der Waals surface area contributed by atoms with Gasteiger partial charge < -0.3 is 20.3 Å². The van der Waals surface area contributed by atoms with E-state index in [2.05, 4.69) is 55.6 Å². The Labute approximate surface area is 468 Å². The Morgan fingerprint density at radius 3 is 1.04 bits per heavy atom. The number of esters is 1. The van der Waals surface area contributed by atoms with Crippen LogP contribution in [-0.2, 0) is 14.3 Å². The van der Waals surface area contributed by atoms with Crippen molar-refractivity contribution in [3.63, 3.8) is 0 Å². The van der Waals surface area contributed by atoms with E-state index in [9.17, 15) is 19.8 Å². The maximum absolute atomic E-state index is 12.5. The fourth-order valence-corrected chi connectivity index (χ4v) is 10.5. The highest BCUT2D eigenvalue weighted by Gasteiger charge is 2.20. The number of unbranched alkanes of at least 4 members (excludes halogenated alkanes) is 46. The molecule has 0 aromatic heterocycles. The summed E-state index contributed by atoms with van der Waals surface area (Å²) < 4.78 is 5.48. The van der Waals surface area contributed by atoms with Gasteiger partial charge in [0.1, 0.15) is 0 Å². The van der Waals surface area contributed by atoms with Crippen LogP contribution in [0.15, 0.2) is 36.5 Å². The molecular weight excluding hydrogens is 923 g/mol. The molecule has 75 heavy (non-hydrogen) atoms. The van der Waals surface area contributed by atoms with Gasteiger partial charge in [0, 0.05) is 12.8 Å². The van der Waals surface area contributed by atoms with Crippen LogP contribution in [0.3, 0.4) is 0 Å². The van der Waals surface area contributed by atoms with Crippen molar-refractivity contribution in [3.8, 4) is 0 Å². The minimum Gasteiger partial charge on any atom is -0.466 e. The Morgan fingerprint density at radius 2 is 0.667 bits per heavy atom. The summed E-state index contributed by atoms with van der Waals surface area (Å²) in [5.41, 5.74) is 0.